The van der Waals surface area contributed by atoms with Crippen LogP contribution in [0.3, 0.4) is 0 Å². The first-order valence-corrected chi connectivity index (χ1v) is 11.4. The molecule has 0 atom stereocenters. The van der Waals surface area contributed by atoms with E-state index in [9.17, 15) is 14.4 Å². The highest BCUT2D eigenvalue weighted by Gasteiger charge is 2.23. The van der Waals surface area contributed by atoms with Gasteiger partial charge in [-0.15, -0.1) is 0 Å². The molecule has 0 aliphatic heterocycles. The van der Waals surface area contributed by atoms with E-state index in [-0.39, 0.29) is 29.6 Å². The Labute approximate surface area is 222 Å². The summed E-state index contributed by atoms with van der Waals surface area (Å²) >= 11 is 0. The van der Waals surface area contributed by atoms with Crippen LogP contribution in [0.5, 0.6) is 34.5 Å². The molecule has 1 amide bonds. The lowest BCUT2D eigenvalue weighted by molar-refractivity contribution is -0.123. The smallest absolute Gasteiger partial charge is 0.341 e. The average molecular weight is 538 g/mol. The summed E-state index contributed by atoms with van der Waals surface area (Å²) in [5.41, 5.74) is 0.450. The Balaban J connectivity index is 0.000000399. The molecule has 2 aromatic rings. The van der Waals surface area contributed by atoms with Gasteiger partial charge in [0.2, 0.25) is 11.5 Å². The van der Waals surface area contributed by atoms with E-state index in [4.69, 9.17) is 33.2 Å². The van der Waals surface area contributed by atoms with Crippen molar-refractivity contribution in [3.63, 3.8) is 0 Å². The number of esters is 2. The molecule has 0 saturated carbocycles. The van der Waals surface area contributed by atoms with Gasteiger partial charge in [0.05, 0.1) is 49.8 Å². The quantitative estimate of drug-likeness (QED) is 0.400. The number of benzene rings is 2. The molecule has 0 spiro atoms. The number of carbonyl (C=O) groups is 3. The Morgan fingerprint density at radius 1 is 0.632 bits per heavy atom. The molecule has 0 aromatic heterocycles. The average Bonchev–Trinajstić information content (AvgIpc) is 2.96. The van der Waals surface area contributed by atoms with Crippen LogP contribution in [0.1, 0.15) is 34.1 Å². The molecule has 0 aliphatic rings. The van der Waals surface area contributed by atoms with Crippen molar-refractivity contribution < 1.29 is 52.3 Å². The van der Waals surface area contributed by atoms with E-state index in [1.165, 1.54) is 55.8 Å². The first kappa shape index (κ1) is 31.7. The third-order valence-corrected chi connectivity index (χ3v) is 4.93. The lowest BCUT2D eigenvalue weighted by Crippen LogP contribution is -2.29. The molecule has 0 heterocycles. The first-order valence-electron chi connectivity index (χ1n) is 11.4. The van der Waals surface area contributed by atoms with Crippen molar-refractivity contribution in [2.75, 3.05) is 62.9 Å². The summed E-state index contributed by atoms with van der Waals surface area (Å²) in [5.74, 6) is 0.520. The Bertz CT molecular complexity index is 1090. The van der Waals surface area contributed by atoms with Gasteiger partial charge < -0.3 is 43.2 Å². The van der Waals surface area contributed by atoms with E-state index >= 15 is 0 Å². The SMILES string of the molecule is CCCNC(=O)COc1c(C(=O)OC)ccc(OC)c1OC.COC(=O)c1ccc(OC)c(OC)c1OC. The highest BCUT2D eigenvalue weighted by molar-refractivity contribution is 5.95. The fourth-order valence-electron chi connectivity index (χ4n) is 3.14. The van der Waals surface area contributed by atoms with Crippen LogP contribution in [0.25, 0.3) is 0 Å². The minimum Gasteiger partial charge on any atom is -0.493 e. The molecule has 12 nitrogen and oxygen atoms in total. The predicted molar refractivity (Wildman–Crippen MR) is 137 cm³/mol. The number of carbonyl (C=O) groups excluding carboxylic acids is 3. The molecule has 0 radical (unpaired) electrons. The van der Waals surface area contributed by atoms with Crippen molar-refractivity contribution in [2.45, 2.75) is 13.3 Å². The van der Waals surface area contributed by atoms with E-state index in [0.717, 1.165) is 6.42 Å². The standard InChI is InChI=1S/C15H21NO6.C11H14O5/c1-5-8-16-12(17)9-22-13-10(15(18)21-4)6-7-11(19-2)14(13)20-3;1-13-8-6-5-7(11(12)16-4)9(14-2)10(8)15-3/h6-7H,5,8-9H2,1-4H3,(H,16,17);5-6H,1-4H3. The molecule has 210 valence electrons. The molecular formula is C26H35NO11. The molecule has 1 N–H and O–H groups in total. The zero-order chi connectivity index (χ0) is 28.7. The molecule has 0 bridgehead atoms. The zero-order valence-electron chi connectivity index (χ0n) is 22.9. The van der Waals surface area contributed by atoms with Gasteiger partial charge in [0.1, 0.15) is 11.1 Å². The maximum Gasteiger partial charge on any atom is 0.341 e. The molecule has 0 saturated heterocycles. The largest absolute Gasteiger partial charge is 0.493 e. The van der Waals surface area contributed by atoms with Gasteiger partial charge >= 0.3 is 11.9 Å². The van der Waals surface area contributed by atoms with Gasteiger partial charge in [-0.3, -0.25) is 4.79 Å². The number of hydrogen-bond acceptors (Lipinski definition) is 11. The number of rotatable bonds is 12. The summed E-state index contributed by atoms with van der Waals surface area (Å²) in [6, 6.07) is 6.24. The minimum absolute atomic E-state index is 0.111. The van der Waals surface area contributed by atoms with Crippen LogP contribution in [0.4, 0.5) is 0 Å². The molecule has 0 unspecified atom stereocenters. The number of amides is 1. The third kappa shape index (κ3) is 8.08. The summed E-state index contributed by atoms with van der Waals surface area (Å²) in [6.07, 6.45) is 0.821. The lowest BCUT2D eigenvalue weighted by atomic mass is 10.1. The van der Waals surface area contributed by atoms with Crippen LogP contribution in [0.15, 0.2) is 24.3 Å². The fourth-order valence-corrected chi connectivity index (χ4v) is 3.14. The van der Waals surface area contributed by atoms with Gasteiger partial charge in [0.15, 0.2) is 29.6 Å². The second kappa shape index (κ2) is 16.4. The van der Waals surface area contributed by atoms with E-state index in [0.29, 0.717) is 35.1 Å². The van der Waals surface area contributed by atoms with E-state index in [1.54, 1.807) is 18.2 Å². The molecule has 0 aliphatic carbocycles. The highest BCUT2D eigenvalue weighted by Crippen LogP contribution is 2.41. The Kier molecular flexibility index (Phi) is 13.7. The van der Waals surface area contributed by atoms with Crippen molar-refractivity contribution in [1.82, 2.24) is 5.32 Å². The van der Waals surface area contributed by atoms with Crippen LogP contribution < -0.4 is 33.7 Å². The maximum atomic E-state index is 11.8. The summed E-state index contributed by atoms with van der Waals surface area (Å²) in [6.45, 7) is 2.26. The van der Waals surface area contributed by atoms with E-state index in [1.807, 2.05) is 6.92 Å². The summed E-state index contributed by atoms with van der Waals surface area (Å²) < 4.78 is 40.5. The van der Waals surface area contributed by atoms with Crippen molar-refractivity contribution in [3.8, 4) is 34.5 Å². The Morgan fingerprint density at radius 2 is 1.08 bits per heavy atom. The maximum absolute atomic E-state index is 11.8. The summed E-state index contributed by atoms with van der Waals surface area (Å²) in [7, 11) is 9.88. The second-order valence-corrected chi connectivity index (χ2v) is 7.18. The van der Waals surface area contributed by atoms with Crippen molar-refractivity contribution in [3.05, 3.63) is 35.4 Å². The number of ether oxygens (including phenoxy) is 8. The molecule has 38 heavy (non-hydrogen) atoms. The minimum atomic E-state index is -0.593. The van der Waals surface area contributed by atoms with Crippen LogP contribution >= 0.6 is 0 Å². The molecule has 0 fully saturated rings. The first-order chi connectivity index (χ1) is 18.3. The van der Waals surface area contributed by atoms with Crippen LogP contribution in [-0.2, 0) is 14.3 Å². The van der Waals surface area contributed by atoms with Gasteiger partial charge in [-0.25, -0.2) is 9.59 Å². The second-order valence-electron chi connectivity index (χ2n) is 7.18. The van der Waals surface area contributed by atoms with Gasteiger partial charge in [-0.05, 0) is 30.7 Å². The predicted octanol–water partition coefficient (Wildman–Crippen LogP) is 2.89. The number of nitrogens with one attached hydrogen (secondary N) is 1. The monoisotopic (exact) mass is 537 g/mol. The third-order valence-electron chi connectivity index (χ3n) is 4.93. The molecular weight excluding hydrogens is 502 g/mol. The topological polar surface area (TPSA) is 137 Å². The fraction of sp³-hybridized carbons (Fsp3) is 0.423. The summed E-state index contributed by atoms with van der Waals surface area (Å²) in [5, 5.41) is 2.68. The molecule has 2 rings (SSSR count). The normalized spacial score (nSPS) is 9.68. The van der Waals surface area contributed by atoms with Gasteiger partial charge in [-0.2, -0.15) is 0 Å². The molecule has 2 aromatic carbocycles. The van der Waals surface area contributed by atoms with Crippen LogP contribution in [0, 0.1) is 0 Å². The van der Waals surface area contributed by atoms with Crippen molar-refractivity contribution in [1.29, 1.82) is 0 Å². The van der Waals surface area contributed by atoms with Crippen LogP contribution in [0.2, 0.25) is 0 Å². The number of methoxy groups -OCH3 is 7. The Morgan fingerprint density at radius 3 is 1.47 bits per heavy atom. The molecule has 12 heteroatoms. The zero-order valence-corrected chi connectivity index (χ0v) is 22.9. The number of hydrogen-bond donors (Lipinski definition) is 1. The van der Waals surface area contributed by atoms with Crippen molar-refractivity contribution in [2.24, 2.45) is 0 Å². The van der Waals surface area contributed by atoms with E-state index in [2.05, 4.69) is 10.1 Å². The van der Waals surface area contributed by atoms with Crippen molar-refractivity contribution >= 4 is 17.8 Å². The van der Waals surface area contributed by atoms with Gasteiger partial charge in [-0.1, -0.05) is 6.92 Å². The van der Waals surface area contributed by atoms with Gasteiger partial charge in [0, 0.05) is 6.54 Å². The van der Waals surface area contributed by atoms with Crippen LogP contribution in [-0.4, -0.2) is 80.8 Å². The Hall–Kier alpha value is -4.35. The summed E-state index contributed by atoms with van der Waals surface area (Å²) in [4.78, 5) is 34.9. The lowest BCUT2D eigenvalue weighted by Gasteiger charge is -2.16. The van der Waals surface area contributed by atoms with Gasteiger partial charge in [0.25, 0.3) is 5.91 Å². The van der Waals surface area contributed by atoms with E-state index < -0.39 is 11.9 Å². The highest BCUT2D eigenvalue weighted by atomic mass is 16.6.